The van der Waals surface area contributed by atoms with E-state index in [4.69, 9.17) is 16.7 Å². The van der Waals surface area contributed by atoms with Crippen LogP contribution in [0.4, 0.5) is 5.69 Å². The number of amides is 1. The lowest BCUT2D eigenvalue weighted by molar-refractivity contribution is -0.384. The lowest BCUT2D eigenvalue weighted by Crippen LogP contribution is -2.38. The molecule has 0 heterocycles. The molecule has 0 aliphatic rings. The first-order valence-corrected chi connectivity index (χ1v) is 5.18. The number of hydrogen-bond acceptors (Lipinski definition) is 4. The van der Waals surface area contributed by atoms with Gasteiger partial charge in [0.25, 0.3) is 11.6 Å². The number of nitro benzene ring substituents is 1. The van der Waals surface area contributed by atoms with Gasteiger partial charge in [-0.05, 0) is 19.1 Å². The molecule has 7 nitrogen and oxygen atoms in total. The van der Waals surface area contributed by atoms with Crippen LogP contribution < -0.4 is 5.32 Å². The van der Waals surface area contributed by atoms with E-state index >= 15 is 0 Å². The second-order valence-corrected chi connectivity index (χ2v) is 3.86. The molecule has 18 heavy (non-hydrogen) atoms. The molecule has 2 N–H and O–H groups in total. The Balaban J connectivity index is 2.97. The number of halogens is 1. The second kappa shape index (κ2) is 5.46. The zero-order chi connectivity index (χ0) is 13.9. The van der Waals surface area contributed by atoms with E-state index in [0.29, 0.717) is 0 Å². The van der Waals surface area contributed by atoms with Crippen LogP contribution in [0, 0.1) is 10.1 Å². The third-order valence-electron chi connectivity index (χ3n) is 2.12. The van der Waals surface area contributed by atoms with Crippen molar-refractivity contribution in [2.24, 2.45) is 0 Å². The van der Waals surface area contributed by atoms with Crippen molar-refractivity contribution in [2.45, 2.75) is 13.0 Å². The van der Waals surface area contributed by atoms with Crippen LogP contribution in [-0.4, -0.2) is 27.9 Å². The number of benzene rings is 1. The molecule has 0 fully saturated rings. The number of hydrogen-bond donors (Lipinski definition) is 2. The average Bonchev–Trinajstić information content (AvgIpc) is 2.28. The summed E-state index contributed by atoms with van der Waals surface area (Å²) in [5.41, 5.74) is -0.438. The van der Waals surface area contributed by atoms with Crippen LogP contribution in [-0.2, 0) is 4.79 Å². The van der Waals surface area contributed by atoms with Gasteiger partial charge >= 0.3 is 5.97 Å². The predicted molar refractivity (Wildman–Crippen MR) is 62.7 cm³/mol. The van der Waals surface area contributed by atoms with Crippen molar-refractivity contribution in [1.82, 2.24) is 5.32 Å². The van der Waals surface area contributed by atoms with Gasteiger partial charge in [0.05, 0.1) is 4.92 Å². The Kier molecular flexibility index (Phi) is 4.22. The average molecular weight is 273 g/mol. The zero-order valence-corrected chi connectivity index (χ0v) is 9.97. The van der Waals surface area contributed by atoms with Crippen molar-refractivity contribution in [2.75, 3.05) is 0 Å². The van der Waals surface area contributed by atoms with Gasteiger partial charge in [0, 0.05) is 11.6 Å². The van der Waals surface area contributed by atoms with Gasteiger partial charge in [0.2, 0.25) is 0 Å². The summed E-state index contributed by atoms with van der Waals surface area (Å²) < 4.78 is 0. The molecular formula is C10H9ClN2O5. The molecule has 0 saturated heterocycles. The zero-order valence-electron chi connectivity index (χ0n) is 9.21. The first kappa shape index (κ1) is 13.9. The van der Waals surface area contributed by atoms with Crippen LogP contribution in [0.1, 0.15) is 17.3 Å². The molecule has 0 radical (unpaired) electrons. The molecule has 1 aromatic carbocycles. The van der Waals surface area contributed by atoms with Gasteiger partial charge in [0.15, 0.2) is 0 Å². The molecule has 1 rings (SSSR count). The number of aliphatic carboxylic acids is 1. The minimum atomic E-state index is -1.20. The lowest BCUT2D eigenvalue weighted by Gasteiger charge is -2.09. The maximum atomic E-state index is 11.6. The van der Waals surface area contributed by atoms with Gasteiger partial charge in [-0.15, -0.1) is 0 Å². The molecule has 0 unspecified atom stereocenters. The van der Waals surface area contributed by atoms with E-state index in [0.717, 1.165) is 6.07 Å². The summed E-state index contributed by atoms with van der Waals surface area (Å²) in [6.45, 7) is 1.28. The van der Waals surface area contributed by atoms with Crippen molar-refractivity contribution < 1.29 is 19.6 Å². The maximum Gasteiger partial charge on any atom is 0.325 e. The van der Waals surface area contributed by atoms with Crippen molar-refractivity contribution in [3.63, 3.8) is 0 Å². The summed E-state index contributed by atoms with van der Waals surface area (Å²) in [7, 11) is 0. The molecule has 0 spiro atoms. The van der Waals surface area contributed by atoms with Gasteiger partial charge in [-0.3, -0.25) is 19.7 Å². The van der Waals surface area contributed by atoms with E-state index in [1.807, 2.05) is 0 Å². The molecule has 1 atom stereocenters. The fraction of sp³-hybridized carbons (Fsp3) is 0.200. The highest BCUT2D eigenvalue weighted by Gasteiger charge is 2.19. The van der Waals surface area contributed by atoms with Crippen LogP contribution in [0.15, 0.2) is 18.2 Å². The molecule has 0 aliphatic carbocycles. The first-order valence-electron chi connectivity index (χ1n) is 4.80. The smallest absolute Gasteiger partial charge is 0.325 e. The monoisotopic (exact) mass is 272 g/mol. The summed E-state index contributed by atoms with van der Waals surface area (Å²) in [5, 5.41) is 21.3. The summed E-state index contributed by atoms with van der Waals surface area (Å²) in [5.74, 6) is -1.92. The van der Waals surface area contributed by atoms with Crippen LogP contribution in [0.25, 0.3) is 0 Å². The number of nitrogens with one attached hydrogen (secondary N) is 1. The van der Waals surface area contributed by atoms with Crippen molar-refractivity contribution in [1.29, 1.82) is 0 Å². The number of nitrogens with zero attached hydrogens (tertiary/aromatic N) is 1. The fourth-order valence-corrected chi connectivity index (χ4v) is 1.32. The Morgan fingerprint density at radius 2 is 2.11 bits per heavy atom. The summed E-state index contributed by atoms with van der Waals surface area (Å²) in [6, 6.07) is 2.39. The highest BCUT2D eigenvalue weighted by atomic mass is 35.5. The number of carboxylic acid groups (broad SMARTS) is 1. The Labute approximate surface area is 107 Å². The van der Waals surface area contributed by atoms with Crippen LogP contribution in [0.2, 0.25) is 5.02 Å². The van der Waals surface area contributed by atoms with Gasteiger partial charge in [-0.25, -0.2) is 0 Å². The van der Waals surface area contributed by atoms with E-state index in [1.54, 1.807) is 0 Å². The van der Waals surface area contributed by atoms with Crippen LogP contribution in [0.3, 0.4) is 0 Å². The maximum absolute atomic E-state index is 11.6. The second-order valence-electron chi connectivity index (χ2n) is 3.46. The molecule has 0 saturated carbocycles. The largest absolute Gasteiger partial charge is 0.480 e. The Morgan fingerprint density at radius 1 is 1.50 bits per heavy atom. The SMILES string of the molecule is C[C@H](NC(=O)c1ccc(Cl)c([N+](=O)[O-])c1)C(=O)O. The Morgan fingerprint density at radius 3 is 2.61 bits per heavy atom. The molecular weight excluding hydrogens is 264 g/mol. The van der Waals surface area contributed by atoms with Gasteiger partial charge in [-0.1, -0.05) is 11.6 Å². The minimum absolute atomic E-state index is 0.0285. The van der Waals surface area contributed by atoms with Gasteiger partial charge in [-0.2, -0.15) is 0 Å². The lowest BCUT2D eigenvalue weighted by atomic mass is 10.2. The normalized spacial score (nSPS) is 11.7. The van der Waals surface area contributed by atoms with Crippen molar-refractivity contribution in [3.05, 3.63) is 38.9 Å². The number of carbonyl (C=O) groups excluding carboxylic acids is 1. The number of nitro groups is 1. The number of carboxylic acids is 1. The molecule has 8 heteroatoms. The van der Waals surface area contributed by atoms with E-state index in [9.17, 15) is 19.7 Å². The van der Waals surface area contributed by atoms with E-state index in [2.05, 4.69) is 5.32 Å². The summed E-state index contributed by atoms with van der Waals surface area (Å²) >= 11 is 5.58. The van der Waals surface area contributed by atoms with E-state index < -0.39 is 28.5 Å². The third kappa shape index (κ3) is 3.17. The molecule has 0 aromatic heterocycles. The van der Waals surface area contributed by atoms with Gasteiger partial charge < -0.3 is 10.4 Å². The molecule has 1 amide bonds. The topological polar surface area (TPSA) is 110 Å². The van der Waals surface area contributed by atoms with Crippen molar-refractivity contribution >= 4 is 29.2 Å². The molecule has 0 aliphatic heterocycles. The molecule has 0 bridgehead atoms. The van der Waals surface area contributed by atoms with E-state index in [-0.39, 0.29) is 10.6 Å². The van der Waals surface area contributed by atoms with Crippen LogP contribution >= 0.6 is 11.6 Å². The quantitative estimate of drug-likeness (QED) is 0.637. The highest BCUT2D eigenvalue weighted by molar-refractivity contribution is 6.32. The number of rotatable bonds is 4. The molecule has 1 aromatic rings. The van der Waals surface area contributed by atoms with Crippen molar-refractivity contribution in [3.8, 4) is 0 Å². The highest BCUT2D eigenvalue weighted by Crippen LogP contribution is 2.24. The Bertz CT molecular complexity index is 517. The van der Waals surface area contributed by atoms with E-state index in [1.165, 1.54) is 19.1 Å². The first-order chi connectivity index (χ1) is 8.32. The summed E-state index contributed by atoms with van der Waals surface area (Å²) in [4.78, 5) is 32.1. The van der Waals surface area contributed by atoms with Gasteiger partial charge in [0.1, 0.15) is 11.1 Å². The minimum Gasteiger partial charge on any atom is -0.480 e. The number of carbonyl (C=O) groups is 2. The fourth-order valence-electron chi connectivity index (χ4n) is 1.14. The Hall–Kier alpha value is -2.15. The standard InChI is InChI=1S/C10H9ClN2O5/c1-5(10(15)16)12-9(14)6-2-3-7(11)8(4-6)13(17)18/h2-5H,1H3,(H,12,14)(H,15,16)/t5-/m0/s1. The van der Waals surface area contributed by atoms with Crippen LogP contribution in [0.5, 0.6) is 0 Å². The predicted octanol–water partition coefficient (Wildman–Crippen LogP) is 1.45. The third-order valence-corrected chi connectivity index (χ3v) is 2.44. The molecule has 96 valence electrons. The summed E-state index contributed by atoms with van der Waals surface area (Å²) in [6.07, 6.45) is 0.